The predicted molar refractivity (Wildman–Crippen MR) is 127 cm³/mol. The van der Waals surface area contributed by atoms with Gasteiger partial charge in [0.25, 0.3) is 0 Å². The van der Waals surface area contributed by atoms with Gasteiger partial charge in [0.1, 0.15) is 0 Å². The van der Waals surface area contributed by atoms with Crippen LogP contribution >= 0.6 is 24.0 Å². The molecule has 0 aliphatic carbocycles. The first kappa shape index (κ1) is 24.7. The summed E-state index contributed by atoms with van der Waals surface area (Å²) < 4.78 is 0. The lowest BCUT2D eigenvalue weighted by molar-refractivity contribution is -0.128. The molecule has 3 N–H and O–H groups in total. The molecule has 0 radical (unpaired) electrons. The van der Waals surface area contributed by atoms with E-state index in [0.717, 1.165) is 45.0 Å². The molecular formula is C21H36IN5O. The minimum absolute atomic E-state index is 0. The van der Waals surface area contributed by atoms with Gasteiger partial charge in [0, 0.05) is 39.3 Å². The number of rotatable bonds is 7. The van der Waals surface area contributed by atoms with Crippen molar-refractivity contribution in [2.45, 2.75) is 46.2 Å². The SMILES string of the molecule is CCNC(=NCC(C)(C)C(=O)NC)NC1CCN(Cc2ccccc2)CC1.I. The monoisotopic (exact) mass is 501 g/mol. The van der Waals surface area contributed by atoms with Gasteiger partial charge in [-0.3, -0.25) is 14.7 Å². The molecule has 0 bridgehead atoms. The van der Waals surface area contributed by atoms with E-state index in [4.69, 9.17) is 0 Å². The molecule has 1 fully saturated rings. The van der Waals surface area contributed by atoms with Crippen molar-refractivity contribution in [2.24, 2.45) is 10.4 Å². The lowest BCUT2D eigenvalue weighted by Gasteiger charge is -2.33. The van der Waals surface area contributed by atoms with Crippen LogP contribution in [0.2, 0.25) is 0 Å². The van der Waals surface area contributed by atoms with Crippen LogP contribution in [0.4, 0.5) is 0 Å². The van der Waals surface area contributed by atoms with Crippen LogP contribution in [0.15, 0.2) is 35.3 Å². The Morgan fingerprint density at radius 3 is 2.43 bits per heavy atom. The number of guanidine groups is 1. The van der Waals surface area contributed by atoms with Crippen molar-refractivity contribution in [1.82, 2.24) is 20.9 Å². The average molecular weight is 501 g/mol. The number of carbonyl (C=O) groups is 1. The van der Waals surface area contributed by atoms with Gasteiger partial charge in [-0.2, -0.15) is 0 Å². The highest BCUT2D eigenvalue weighted by molar-refractivity contribution is 14.0. The average Bonchev–Trinajstić information content (AvgIpc) is 2.68. The summed E-state index contributed by atoms with van der Waals surface area (Å²) in [5.74, 6) is 0.812. The highest BCUT2D eigenvalue weighted by atomic mass is 127. The van der Waals surface area contributed by atoms with E-state index in [1.807, 2.05) is 13.8 Å². The van der Waals surface area contributed by atoms with E-state index < -0.39 is 5.41 Å². The second-order valence-electron chi connectivity index (χ2n) is 7.84. The first-order chi connectivity index (χ1) is 12.9. The zero-order chi connectivity index (χ0) is 19.7. The fraction of sp³-hybridized carbons (Fsp3) is 0.619. The van der Waals surface area contributed by atoms with Crippen LogP contribution in [0.5, 0.6) is 0 Å². The maximum absolute atomic E-state index is 12.0. The Kier molecular flexibility index (Phi) is 10.8. The van der Waals surface area contributed by atoms with Crippen molar-refractivity contribution >= 4 is 35.8 Å². The van der Waals surface area contributed by atoms with Crippen molar-refractivity contribution in [3.8, 4) is 0 Å². The molecule has 1 aromatic rings. The van der Waals surface area contributed by atoms with E-state index in [1.165, 1.54) is 5.56 Å². The van der Waals surface area contributed by atoms with Crippen LogP contribution in [0.3, 0.4) is 0 Å². The molecule has 0 unspecified atom stereocenters. The Morgan fingerprint density at radius 2 is 1.86 bits per heavy atom. The van der Waals surface area contributed by atoms with E-state index in [1.54, 1.807) is 7.05 Å². The van der Waals surface area contributed by atoms with Gasteiger partial charge in [-0.1, -0.05) is 30.3 Å². The molecule has 1 saturated heterocycles. The summed E-state index contributed by atoms with van der Waals surface area (Å²) >= 11 is 0. The van der Waals surface area contributed by atoms with E-state index in [9.17, 15) is 4.79 Å². The standard InChI is InChI=1S/C21H35N5O.HI/c1-5-23-20(24-16-21(2,3)19(27)22-4)25-18-11-13-26(14-12-18)15-17-9-7-6-8-10-17;/h6-10,18H,5,11-16H2,1-4H3,(H,22,27)(H2,23,24,25);1H. The number of hydrogen-bond donors (Lipinski definition) is 3. The van der Waals surface area contributed by atoms with E-state index in [-0.39, 0.29) is 29.9 Å². The molecule has 6 nitrogen and oxygen atoms in total. The summed E-state index contributed by atoms with van der Waals surface area (Å²) in [5, 5.41) is 9.57. The molecule has 2 rings (SSSR count). The molecule has 1 aliphatic heterocycles. The Morgan fingerprint density at radius 1 is 1.21 bits per heavy atom. The zero-order valence-corrected chi connectivity index (χ0v) is 20.0. The molecule has 1 heterocycles. The molecule has 1 aliphatic rings. The number of likely N-dealkylation sites (tertiary alicyclic amines) is 1. The van der Waals surface area contributed by atoms with Crippen molar-refractivity contribution in [2.75, 3.05) is 33.2 Å². The summed E-state index contributed by atoms with van der Waals surface area (Å²) in [6.45, 7) is 10.3. The zero-order valence-electron chi connectivity index (χ0n) is 17.6. The van der Waals surface area contributed by atoms with Crippen LogP contribution in [0, 0.1) is 5.41 Å². The normalized spacial score (nSPS) is 16.2. The highest BCUT2D eigenvalue weighted by Crippen LogP contribution is 2.16. The largest absolute Gasteiger partial charge is 0.359 e. The summed E-state index contributed by atoms with van der Waals surface area (Å²) in [4.78, 5) is 19.1. The van der Waals surface area contributed by atoms with Crippen molar-refractivity contribution in [3.63, 3.8) is 0 Å². The van der Waals surface area contributed by atoms with Crippen molar-refractivity contribution in [3.05, 3.63) is 35.9 Å². The lowest BCUT2D eigenvalue weighted by Crippen LogP contribution is -2.49. The van der Waals surface area contributed by atoms with Gasteiger partial charge in [-0.05, 0) is 39.2 Å². The molecular weight excluding hydrogens is 465 g/mol. The lowest BCUT2D eigenvalue weighted by atomic mass is 9.93. The van der Waals surface area contributed by atoms with E-state index in [2.05, 4.69) is 63.1 Å². The van der Waals surface area contributed by atoms with Gasteiger partial charge in [-0.25, -0.2) is 0 Å². The molecule has 158 valence electrons. The Hall–Kier alpha value is -1.35. The minimum atomic E-state index is -0.518. The predicted octanol–water partition coefficient (Wildman–Crippen LogP) is 2.60. The topological polar surface area (TPSA) is 68.8 Å². The molecule has 0 aromatic heterocycles. The van der Waals surface area contributed by atoms with Gasteiger partial charge in [0.15, 0.2) is 5.96 Å². The van der Waals surface area contributed by atoms with E-state index >= 15 is 0 Å². The molecule has 0 spiro atoms. The number of carbonyl (C=O) groups excluding carboxylic acids is 1. The number of aliphatic imine (C=N–C) groups is 1. The smallest absolute Gasteiger partial charge is 0.227 e. The summed E-state index contributed by atoms with van der Waals surface area (Å²) in [5.41, 5.74) is 0.853. The molecule has 0 atom stereocenters. The highest BCUT2D eigenvalue weighted by Gasteiger charge is 2.27. The second kappa shape index (κ2) is 12.3. The Balaban J connectivity index is 0.00000392. The Labute approximate surface area is 187 Å². The molecule has 7 heteroatoms. The molecule has 28 heavy (non-hydrogen) atoms. The fourth-order valence-electron chi connectivity index (χ4n) is 3.28. The first-order valence-electron chi connectivity index (χ1n) is 9.98. The number of hydrogen-bond acceptors (Lipinski definition) is 3. The van der Waals surface area contributed by atoms with Gasteiger partial charge in [0.2, 0.25) is 5.91 Å². The number of nitrogens with zero attached hydrogens (tertiary/aromatic N) is 2. The molecule has 1 amide bonds. The summed E-state index contributed by atoms with van der Waals surface area (Å²) in [7, 11) is 1.67. The maximum atomic E-state index is 12.0. The maximum Gasteiger partial charge on any atom is 0.227 e. The van der Waals surface area contributed by atoms with Crippen LogP contribution in [-0.2, 0) is 11.3 Å². The van der Waals surface area contributed by atoms with Gasteiger partial charge < -0.3 is 16.0 Å². The van der Waals surface area contributed by atoms with Crippen LogP contribution in [0.25, 0.3) is 0 Å². The van der Waals surface area contributed by atoms with E-state index in [0.29, 0.717) is 12.6 Å². The van der Waals surface area contributed by atoms with Gasteiger partial charge in [-0.15, -0.1) is 24.0 Å². The first-order valence-corrected chi connectivity index (χ1v) is 9.98. The fourth-order valence-corrected chi connectivity index (χ4v) is 3.28. The summed E-state index contributed by atoms with van der Waals surface area (Å²) in [6.07, 6.45) is 2.19. The van der Waals surface area contributed by atoms with Crippen molar-refractivity contribution in [1.29, 1.82) is 0 Å². The summed E-state index contributed by atoms with van der Waals surface area (Å²) in [6, 6.07) is 11.1. The molecule has 1 aromatic carbocycles. The number of nitrogens with one attached hydrogen (secondary N) is 3. The number of benzene rings is 1. The van der Waals surface area contributed by atoms with Crippen LogP contribution in [0.1, 0.15) is 39.2 Å². The molecule has 0 saturated carbocycles. The minimum Gasteiger partial charge on any atom is -0.359 e. The third-order valence-corrected chi connectivity index (χ3v) is 5.00. The van der Waals surface area contributed by atoms with Crippen LogP contribution in [-0.4, -0.2) is 56.0 Å². The second-order valence-corrected chi connectivity index (χ2v) is 7.84. The Bertz CT molecular complexity index is 612. The van der Waals surface area contributed by atoms with Crippen molar-refractivity contribution < 1.29 is 4.79 Å². The third kappa shape index (κ3) is 7.95. The number of piperidine rings is 1. The third-order valence-electron chi connectivity index (χ3n) is 5.00. The van der Waals surface area contributed by atoms with Crippen LogP contribution < -0.4 is 16.0 Å². The number of halogens is 1. The van der Waals surface area contributed by atoms with Gasteiger partial charge >= 0.3 is 0 Å². The number of amides is 1. The quantitative estimate of drug-likeness (QED) is 0.305. The van der Waals surface area contributed by atoms with Gasteiger partial charge in [0.05, 0.1) is 12.0 Å².